The van der Waals surface area contributed by atoms with Crippen LogP contribution >= 0.6 is 11.6 Å². The van der Waals surface area contributed by atoms with Gasteiger partial charge in [-0.15, -0.1) is 0 Å². The lowest BCUT2D eigenvalue weighted by Gasteiger charge is -2.21. The average molecular weight is 662 g/mol. The first-order valence-electron chi connectivity index (χ1n) is 15.6. The van der Waals surface area contributed by atoms with Crippen molar-refractivity contribution in [2.24, 2.45) is 5.73 Å². The van der Waals surface area contributed by atoms with Gasteiger partial charge in [-0.05, 0) is 67.1 Å². The highest BCUT2D eigenvalue weighted by Crippen LogP contribution is 2.43. The Morgan fingerprint density at radius 2 is 1.83 bits per heavy atom. The Labute approximate surface area is 277 Å². The number of carboxylic acid groups (broad SMARTS) is 2. The van der Waals surface area contributed by atoms with E-state index in [0.717, 1.165) is 29.5 Å². The highest BCUT2D eigenvalue weighted by Gasteiger charge is 2.28. The lowest BCUT2D eigenvalue weighted by molar-refractivity contribution is -0.139. The lowest BCUT2D eigenvalue weighted by atomic mass is 9.96. The SMILES string of the molecule is NCCCCC[C@H](NCc1cc(Cl)c(O[C@H]2CCc3c(-c4ccccc4F)cccc32)cc1OCc1cncc(C(=O)O)c1)C(=O)O. The zero-order chi connectivity index (χ0) is 33.3. The number of fused-ring (bicyclic) bond motifs is 1. The fourth-order valence-corrected chi connectivity index (χ4v) is 6.05. The highest BCUT2D eigenvalue weighted by molar-refractivity contribution is 6.32. The number of benzene rings is 3. The van der Waals surface area contributed by atoms with Gasteiger partial charge < -0.3 is 30.7 Å². The van der Waals surface area contributed by atoms with Crippen LogP contribution in [0.4, 0.5) is 4.39 Å². The molecule has 2 atom stereocenters. The first-order valence-corrected chi connectivity index (χ1v) is 15.9. The Balaban J connectivity index is 1.40. The minimum absolute atomic E-state index is 0.00189. The van der Waals surface area contributed by atoms with E-state index in [1.165, 1.54) is 24.5 Å². The van der Waals surface area contributed by atoms with Gasteiger partial charge in [0.25, 0.3) is 0 Å². The van der Waals surface area contributed by atoms with E-state index in [1.54, 1.807) is 24.3 Å². The molecule has 5 rings (SSSR count). The standard InChI is InChI=1S/C36H37ClFN3O6/c37-29-16-23(20-41-31(36(44)45)11-2-1-5-14-39)33(46-21-22-15-24(35(42)43)19-40-18-22)17-34(29)47-32-13-12-26-25(8-6-9-28(26)32)27-7-3-4-10-30(27)38/h3-4,6-10,15-19,31-32,41H,1-2,5,11-14,20-21,39H2,(H,42,43)(H,44,45)/t31-,32-/m0/s1. The first-order chi connectivity index (χ1) is 22.7. The fourth-order valence-electron chi connectivity index (χ4n) is 5.82. The second-order valence-corrected chi connectivity index (χ2v) is 11.9. The van der Waals surface area contributed by atoms with Gasteiger partial charge in [-0.2, -0.15) is 0 Å². The van der Waals surface area contributed by atoms with Crippen molar-refractivity contribution in [3.8, 4) is 22.6 Å². The van der Waals surface area contributed by atoms with E-state index in [1.807, 2.05) is 24.3 Å². The summed E-state index contributed by atoms with van der Waals surface area (Å²) in [6.07, 6.45) is 6.60. The van der Waals surface area contributed by atoms with E-state index >= 15 is 0 Å². The van der Waals surface area contributed by atoms with E-state index in [2.05, 4.69) is 10.3 Å². The minimum atomic E-state index is -1.10. The number of pyridine rings is 1. The van der Waals surface area contributed by atoms with Crippen LogP contribution in [0.5, 0.6) is 11.5 Å². The van der Waals surface area contributed by atoms with Gasteiger partial charge in [-0.25, -0.2) is 9.18 Å². The number of ether oxygens (including phenoxy) is 2. The van der Waals surface area contributed by atoms with Gasteiger partial charge in [0, 0.05) is 41.7 Å². The molecule has 0 amide bonds. The van der Waals surface area contributed by atoms with Crippen LogP contribution in [0.3, 0.4) is 0 Å². The smallest absolute Gasteiger partial charge is 0.337 e. The molecule has 0 unspecified atom stereocenters. The van der Waals surface area contributed by atoms with Crippen molar-refractivity contribution in [3.05, 3.63) is 112 Å². The number of unbranched alkanes of at least 4 members (excludes halogenated alkanes) is 2. The number of carbonyl (C=O) groups is 2. The Morgan fingerprint density at radius 1 is 1.02 bits per heavy atom. The molecule has 1 aliphatic rings. The number of halogens is 2. The third kappa shape index (κ3) is 8.45. The molecule has 4 aromatic rings. The minimum Gasteiger partial charge on any atom is -0.488 e. The van der Waals surface area contributed by atoms with E-state index in [4.69, 9.17) is 26.8 Å². The maximum atomic E-state index is 14.7. The Kier molecular flexibility index (Phi) is 11.4. The summed E-state index contributed by atoms with van der Waals surface area (Å²) < 4.78 is 27.3. The van der Waals surface area contributed by atoms with Crippen molar-refractivity contribution in [3.63, 3.8) is 0 Å². The molecule has 1 aliphatic carbocycles. The number of aromatic nitrogens is 1. The number of aromatic carboxylic acids is 1. The van der Waals surface area contributed by atoms with Crippen molar-refractivity contribution in [2.45, 2.75) is 63.8 Å². The van der Waals surface area contributed by atoms with Gasteiger partial charge in [-0.1, -0.05) is 60.8 Å². The second kappa shape index (κ2) is 15.9. The topological polar surface area (TPSA) is 144 Å². The zero-order valence-corrected chi connectivity index (χ0v) is 26.5. The van der Waals surface area contributed by atoms with Gasteiger partial charge in [0.1, 0.15) is 36.1 Å². The molecule has 11 heteroatoms. The molecule has 0 saturated heterocycles. The average Bonchev–Trinajstić information content (AvgIpc) is 3.48. The molecule has 0 radical (unpaired) electrons. The summed E-state index contributed by atoms with van der Waals surface area (Å²) in [5, 5.41) is 22.6. The highest BCUT2D eigenvalue weighted by atomic mass is 35.5. The van der Waals surface area contributed by atoms with Crippen LogP contribution in [-0.2, 0) is 24.4 Å². The predicted octanol–water partition coefficient (Wildman–Crippen LogP) is 6.95. The molecule has 0 saturated carbocycles. The number of hydrogen-bond acceptors (Lipinski definition) is 7. The predicted molar refractivity (Wildman–Crippen MR) is 176 cm³/mol. The molecular weight excluding hydrogens is 625 g/mol. The third-order valence-corrected chi connectivity index (χ3v) is 8.53. The molecule has 0 aliphatic heterocycles. The molecule has 246 valence electrons. The largest absolute Gasteiger partial charge is 0.488 e. The van der Waals surface area contributed by atoms with Crippen molar-refractivity contribution in [1.29, 1.82) is 0 Å². The number of hydrogen-bond donors (Lipinski definition) is 4. The van der Waals surface area contributed by atoms with Crippen molar-refractivity contribution >= 4 is 23.5 Å². The van der Waals surface area contributed by atoms with Crippen molar-refractivity contribution in [1.82, 2.24) is 10.3 Å². The second-order valence-electron chi connectivity index (χ2n) is 11.5. The fraction of sp³-hybridized carbons (Fsp3) is 0.306. The van der Waals surface area contributed by atoms with Gasteiger partial charge in [0.15, 0.2) is 0 Å². The maximum Gasteiger partial charge on any atom is 0.337 e. The maximum absolute atomic E-state index is 14.7. The summed E-state index contributed by atoms with van der Waals surface area (Å²) in [4.78, 5) is 27.4. The number of aliphatic carboxylic acids is 1. The quantitative estimate of drug-likeness (QED) is 0.0938. The number of nitrogens with one attached hydrogen (secondary N) is 1. The number of carboxylic acids is 2. The van der Waals surface area contributed by atoms with Crippen LogP contribution in [0.1, 0.15) is 70.8 Å². The third-order valence-electron chi connectivity index (χ3n) is 8.23. The molecule has 47 heavy (non-hydrogen) atoms. The monoisotopic (exact) mass is 661 g/mol. The molecular formula is C36H37ClFN3O6. The molecule has 0 fully saturated rings. The van der Waals surface area contributed by atoms with Gasteiger partial charge in [0.2, 0.25) is 0 Å². The Hall–Kier alpha value is -4.51. The van der Waals surface area contributed by atoms with E-state index in [-0.39, 0.29) is 30.6 Å². The van der Waals surface area contributed by atoms with E-state index < -0.39 is 18.0 Å². The Morgan fingerprint density at radius 3 is 2.60 bits per heavy atom. The van der Waals surface area contributed by atoms with E-state index in [0.29, 0.717) is 65.4 Å². The number of nitrogens with zero attached hydrogens (tertiary/aromatic N) is 1. The molecule has 1 heterocycles. The van der Waals surface area contributed by atoms with Crippen LogP contribution in [0.15, 0.2) is 73.1 Å². The molecule has 1 aromatic heterocycles. The molecule has 3 aromatic carbocycles. The summed E-state index contributed by atoms with van der Waals surface area (Å²) in [5.74, 6) is -1.59. The van der Waals surface area contributed by atoms with Crippen molar-refractivity contribution in [2.75, 3.05) is 6.54 Å². The van der Waals surface area contributed by atoms with Crippen LogP contribution in [0.2, 0.25) is 5.02 Å². The van der Waals surface area contributed by atoms with Gasteiger partial charge in [-0.3, -0.25) is 9.78 Å². The van der Waals surface area contributed by atoms with Crippen LogP contribution in [0.25, 0.3) is 11.1 Å². The summed E-state index contributed by atoms with van der Waals surface area (Å²) in [7, 11) is 0. The summed E-state index contributed by atoms with van der Waals surface area (Å²) in [5.41, 5.74) is 10.1. The lowest BCUT2D eigenvalue weighted by Crippen LogP contribution is -2.36. The molecule has 9 nitrogen and oxygen atoms in total. The van der Waals surface area contributed by atoms with Crippen LogP contribution in [0, 0.1) is 5.82 Å². The summed E-state index contributed by atoms with van der Waals surface area (Å²) >= 11 is 6.76. The normalized spacial score (nSPS) is 14.4. The zero-order valence-electron chi connectivity index (χ0n) is 25.8. The van der Waals surface area contributed by atoms with Crippen LogP contribution < -0.4 is 20.5 Å². The molecule has 0 bridgehead atoms. The number of nitrogens with two attached hydrogens (primary N) is 1. The van der Waals surface area contributed by atoms with Gasteiger partial charge in [0.05, 0.1) is 10.6 Å². The van der Waals surface area contributed by atoms with E-state index in [9.17, 15) is 24.2 Å². The van der Waals surface area contributed by atoms with Gasteiger partial charge >= 0.3 is 11.9 Å². The molecule has 5 N–H and O–H groups in total. The molecule has 0 spiro atoms. The first kappa shape index (κ1) is 33.8. The summed E-state index contributed by atoms with van der Waals surface area (Å²) in [6, 6.07) is 16.5. The Bertz CT molecular complexity index is 1740. The number of rotatable bonds is 16. The van der Waals surface area contributed by atoms with Crippen molar-refractivity contribution < 1.29 is 33.7 Å². The summed E-state index contributed by atoms with van der Waals surface area (Å²) in [6.45, 7) is 0.708. The van der Waals surface area contributed by atoms with Crippen LogP contribution in [-0.4, -0.2) is 39.7 Å².